The Morgan fingerprint density at radius 3 is 3.06 bits per heavy atom. The van der Waals surface area contributed by atoms with E-state index in [1.54, 1.807) is 11.8 Å². The number of hydrogen-bond acceptors (Lipinski definition) is 6. The van der Waals surface area contributed by atoms with Crippen molar-refractivity contribution in [1.82, 2.24) is 15.3 Å². The fourth-order valence-electron chi connectivity index (χ4n) is 2.16. The van der Waals surface area contributed by atoms with Crippen molar-refractivity contribution in [2.75, 3.05) is 11.7 Å². The molecule has 0 spiro atoms. The Morgan fingerprint density at radius 1 is 1.50 bits per heavy atom. The first kappa shape index (κ1) is 13.1. The van der Waals surface area contributed by atoms with E-state index in [0.717, 1.165) is 19.3 Å². The van der Waals surface area contributed by atoms with Crippen LogP contribution in [0.15, 0.2) is 12.4 Å². The molecular formula is C11H17N5OS. The van der Waals surface area contributed by atoms with Crippen LogP contribution in [0.2, 0.25) is 0 Å². The number of nitrogens with zero attached hydrogens (tertiary/aromatic N) is 2. The van der Waals surface area contributed by atoms with Crippen LogP contribution in [0.5, 0.6) is 0 Å². The van der Waals surface area contributed by atoms with Crippen LogP contribution in [0.3, 0.4) is 0 Å². The Kier molecular flexibility index (Phi) is 4.38. The second-order valence-electron chi connectivity index (χ2n) is 4.22. The van der Waals surface area contributed by atoms with Gasteiger partial charge in [-0.05, 0) is 19.1 Å². The Balaban J connectivity index is 2.02. The number of nitrogens with two attached hydrogens (primary N) is 1. The van der Waals surface area contributed by atoms with Gasteiger partial charge < -0.3 is 10.7 Å². The van der Waals surface area contributed by atoms with E-state index in [1.165, 1.54) is 12.4 Å². The fourth-order valence-corrected chi connectivity index (χ4v) is 3.10. The van der Waals surface area contributed by atoms with Gasteiger partial charge in [0.1, 0.15) is 5.69 Å². The van der Waals surface area contributed by atoms with Crippen molar-refractivity contribution >= 4 is 23.5 Å². The molecule has 4 N–H and O–H groups in total. The molecule has 1 aromatic rings. The highest BCUT2D eigenvalue weighted by Crippen LogP contribution is 2.28. The first-order valence-electron chi connectivity index (χ1n) is 5.87. The molecule has 0 saturated heterocycles. The molecule has 1 saturated carbocycles. The molecule has 0 aliphatic heterocycles. The molecule has 0 aromatic carbocycles. The lowest BCUT2D eigenvalue weighted by molar-refractivity contribution is 0.0933. The lowest BCUT2D eigenvalue weighted by Crippen LogP contribution is -2.39. The van der Waals surface area contributed by atoms with Gasteiger partial charge in [-0.1, -0.05) is 6.42 Å². The minimum atomic E-state index is -0.189. The topological polar surface area (TPSA) is 92.9 Å². The summed E-state index contributed by atoms with van der Waals surface area (Å²) in [4.78, 5) is 20.0. The maximum Gasteiger partial charge on any atom is 0.271 e. The highest BCUT2D eigenvalue weighted by atomic mass is 32.2. The number of nitrogens with one attached hydrogen (secondary N) is 2. The van der Waals surface area contributed by atoms with Crippen LogP contribution in [0, 0.1) is 0 Å². The van der Waals surface area contributed by atoms with Gasteiger partial charge in [0.25, 0.3) is 5.91 Å². The number of nitrogen functional groups attached to an aromatic ring is 1. The van der Waals surface area contributed by atoms with E-state index in [-0.39, 0.29) is 17.6 Å². The maximum absolute atomic E-state index is 12.0. The van der Waals surface area contributed by atoms with Crippen molar-refractivity contribution in [2.24, 2.45) is 5.84 Å². The van der Waals surface area contributed by atoms with Crippen LogP contribution in [0.1, 0.15) is 29.8 Å². The molecule has 0 radical (unpaired) electrons. The molecule has 1 aliphatic rings. The van der Waals surface area contributed by atoms with E-state index in [4.69, 9.17) is 5.84 Å². The third-order valence-corrected chi connectivity index (χ3v) is 4.26. The number of aromatic nitrogens is 2. The Bertz CT molecular complexity index is 428. The van der Waals surface area contributed by atoms with Crippen LogP contribution < -0.4 is 16.6 Å². The smallest absolute Gasteiger partial charge is 0.271 e. The number of hydrogen-bond donors (Lipinski definition) is 3. The molecule has 0 bridgehead atoms. The molecule has 1 aromatic heterocycles. The third kappa shape index (κ3) is 2.91. The highest BCUT2D eigenvalue weighted by molar-refractivity contribution is 7.99. The molecule has 1 aliphatic carbocycles. The van der Waals surface area contributed by atoms with Gasteiger partial charge in [0.15, 0.2) is 5.82 Å². The number of anilines is 1. The van der Waals surface area contributed by atoms with E-state index >= 15 is 0 Å². The first-order chi connectivity index (χ1) is 8.74. The summed E-state index contributed by atoms with van der Waals surface area (Å²) in [5.74, 6) is 5.43. The largest absolute Gasteiger partial charge is 0.347 e. The van der Waals surface area contributed by atoms with Gasteiger partial charge in [0.2, 0.25) is 0 Å². The van der Waals surface area contributed by atoms with Crippen LogP contribution in [0.4, 0.5) is 5.82 Å². The third-order valence-electron chi connectivity index (χ3n) is 3.09. The summed E-state index contributed by atoms with van der Waals surface area (Å²) < 4.78 is 0. The van der Waals surface area contributed by atoms with Crippen LogP contribution in [-0.2, 0) is 0 Å². The van der Waals surface area contributed by atoms with Crippen molar-refractivity contribution in [2.45, 2.75) is 30.6 Å². The predicted octanol–water partition coefficient (Wildman–Crippen LogP) is 0.776. The molecule has 18 heavy (non-hydrogen) atoms. The summed E-state index contributed by atoms with van der Waals surface area (Å²) in [6.45, 7) is 0. The maximum atomic E-state index is 12.0. The van der Waals surface area contributed by atoms with E-state index < -0.39 is 0 Å². The minimum Gasteiger partial charge on any atom is -0.347 e. The van der Waals surface area contributed by atoms with Gasteiger partial charge in [-0.25, -0.2) is 10.8 Å². The van der Waals surface area contributed by atoms with E-state index in [1.807, 2.05) is 0 Å². The zero-order valence-electron chi connectivity index (χ0n) is 10.2. The molecule has 1 heterocycles. The van der Waals surface area contributed by atoms with Gasteiger partial charge >= 0.3 is 0 Å². The molecule has 2 rings (SSSR count). The van der Waals surface area contributed by atoms with E-state index in [2.05, 4.69) is 27.0 Å². The second-order valence-corrected chi connectivity index (χ2v) is 5.30. The summed E-state index contributed by atoms with van der Waals surface area (Å²) in [6, 6.07) is 0.226. The Morgan fingerprint density at radius 2 is 2.33 bits per heavy atom. The number of amides is 1. The highest BCUT2D eigenvalue weighted by Gasteiger charge is 2.28. The Labute approximate surface area is 110 Å². The van der Waals surface area contributed by atoms with Crippen LogP contribution in [0.25, 0.3) is 0 Å². The molecule has 6 nitrogen and oxygen atoms in total. The first-order valence-corrected chi connectivity index (χ1v) is 7.15. The van der Waals surface area contributed by atoms with E-state index in [9.17, 15) is 4.79 Å². The number of carbonyl (C=O) groups excluding carboxylic acids is 1. The molecule has 98 valence electrons. The zero-order valence-corrected chi connectivity index (χ0v) is 11.0. The zero-order chi connectivity index (χ0) is 13.0. The molecule has 1 amide bonds. The lowest BCUT2D eigenvalue weighted by atomic mass is 10.2. The number of hydrazine groups is 1. The van der Waals surface area contributed by atoms with Gasteiger partial charge in [-0.15, -0.1) is 0 Å². The number of thioether (sulfide) groups is 1. The summed E-state index contributed by atoms with van der Waals surface area (Å²) >= 11 is 1.80. The van der Waals surface area contributed by atoms with Gasteiger partial charge in [0, 0.05) is 11.3 Å². The minimum absolute atomic E-state index is 0.189. The van der Waals surface area contributed by atoms with Gasteiger partial charge in [0.05, 0.1) is 12.4 Å². The summed E-state index contributed by atoms with van der Waals surface area (Å²) in [6.07, 6.45) is 8.33. The van der Waals surface area contributed by atoms with Crippen molar-refractivity contribution < 1.29 is 4.79 Å². The van der Waals surface area contributed by atoms with Crippen LogP contribution >= 0.6 is 11.8 Å². The number of rotatable bonds is 4. The van der Waals surface area contributed by atoms with E-state index in [0.29, 0.717) is 11.1 Å². The van der Waals surface area contributed by atoms with Crippen LogP contribution in [-0.4, -0.2) is 33.4 Å². The summed E-state index contributed by atoms with van der Waals surface area (Å²) in [5, 5.41) is 3.51. The van der Waals surface area contributed by atoms with Gasteiger partial charge in [-0.3, -0.25) is 9.78 Å². The normalized spacial score (nSPS) is 22.8. The standard InChI is InChI=1S/C11H17N5OS/c1-18-9-4-2-3-7(9)15-11(17)8-5-13-6-10(14-8)16-12/h5-7,9H,2-4,12H2,1H3,(H,14,16)(H,15,17). The number of carbonyl (C=O) groups is 1. The molecule has 2 unspecified atom stereocenters. The molecule has 2 atom stereocenters. The van der Waals surface area contributed by atoms with Crippen molar-refractivity contribution in [1.29, 1.82) is 0 Å². The average molecular weight is 267 g/mol. The van der Waals surface area contributed by atoms with Crippen molar-refractivity contribution in [3.8, 4) is 0 Å². The average Bonchev–Trinajstić information content (AvgIpc) is 2.86. The summed E-state index contributed by atoms with van der Waals surface area (Å²) in [7, 11) is 0. The molecule has 7 heteroatoms. The molecular weight excluding hydrogens is 250 g/mol. The Hall–Kier alpha value is -1.34. The second kappa shape index (κ2) is 6.01. The predicted molar refractivity (Wildman–Crippen MR) is 72.3 cm³/mol. The fraction of sp³-hybridized carbons (Fsp3) is 0.545. The summed E-state index contributed by atoms with van der Waals surface area (Å²) in [5.41, 5.74) is 2.67. The monoisotopic (exact) mass is 267 g/mol. The van der Waals surface area contributed by atoms with Crippen molar-refractivity contribution in [3.63, 3.8) is 0 Å². The van der Waals surface area contributed by atoms with Gasteiger partial charge in [-0.2, -0.15) is 11.8 Å². The molecule has 1 fully saturated rings. The quantitative estimate of drug-likeness (QED) is 0.551. The SMILES string of the molecule is CSC1CCCC1NC(=O)c1cncc(NN)n1. The lowest BCUT2D eigenvalue weighted by Gasteiger charge is -2.18. The van der Waals surface area contributed by atoms with Crippen molar-refractivity contribution in [3.05, 3.63) is 18.1 Å².